The summed E-state index contributed by atoms with van der Waals surface area (Å²) in [5.41, 5.74) is 4.46. The minimum absolute atomic E-state index is 0.0536. The topological polar surface area (TPSA) is 61.5 Å². The standard InChI is InChI=1S/C20H24N4OS/c1-6-24(5)12-22-16-9-14(3)17(10-13(16)2)25-19-15(11-21)18(23-26-19)20(4)7-8-20/h9-10,12H,6-8H2,1-5H3. The van der Waals surface area contributed by atoms with E-state index in [2.05, 4.69) is 29.3 Å². The average Bonchev–Trinajstić information content (AvgIpc) is 3.23. The molecule has 0 aliphatic heterocycles. The van der Waals surface area contributed by atoms with E-state index in [0.29, 0.717) is 10.6 Å². The number of hydrogen-bond donors (Lipinski definition) is 0. The second-order valence-corrected chi connectivity index (χ2v) is 7.93. The lowest BCUT2D eigenvalue weighted by Gasteiger charge is -2.12. The molecule has 1 aliphatic carbocycles. The van der Waals surface area contributed by atoms with Crippen LogP contribution < -0.4 is 4.74 Å². The minimum atomic E-state index is 0.0536. The molecule has 0 radical (unpaired) electrons. The van der Waals surface area contributed by atoms with Gasteiger partial charge in [-0.3, -0.25) is 0 Å². The number of aliphatic imine (C=N–C) groups is 1. The van der Waals surface area contributed by atoms with Crippen LogP contribution in [-0.4, -0.2) is 29.2 Å². The Bertz CT molecular complexity index is 890. The molecule has 0 N–H and O–H groups in total. The van der Waals surface area contributed by atoms with Crippen molar-refractivity contribution in [3.63, 3.8) is 0 Å². The van der Waals surface area contributed by atoms with Crippen molar-refractivity contribution < 1.29 is 4.74 Å². The lowest BCUT2D eigenvalue weighted by Crippen LogP contribution is -2.14. The number of hydrogen-bond acceptors (Lipinski definition) is 5. The molecule has 0 amide bonds. The maximum absolute atomic E-state index is 9.58. The van der Waals surface area contributed by atoms with Crippen molar-refractivity contribution in [1.29, 1.82) is 5.26 Å². The second-order valence-electron chi connectivity index (χ2n) is 7.19. The summed E-state index contributed by atoms with van der Waals surface area (Å²) in [7, 11) is 1.99. The van der Waals surface area contributed by atoms with Gasteiger partial charge in [0, 0.05) is 30.5 Å². The fourth-order valence-electron chi connectivity index (χ4n) is 2.65. The van der Waals surface area contributed by atoms with Gasteiger partial charge in [-0.05, 0) is 56.9 Å². The molecule has 1 aromatic carbocycles. The first kappa shape index (κ1) is 18.4. The van der Waals surface area contributed by atoms with Gasteiger partial charge in [-0.25, -0.2) is 4.99 Å². The Morgan fingerprint density at radius 1 is 1.38 bits per heavy atom. The molecule has 26 heavy (non-hydrogen) atoms. The zero-order valence-electron chi connectivity index (χ0n) is 16.0. The van der Waals surface area contributed by atoms with E-state index >= 15 is 0 Å². The Morgan fingerprint density at radius 2 is 2.12 bits per heavy atom. The van der Waals surface area contributed by atoms with Crippen LogP contribution in [0.25, 0.3) is 0 Å². The van der Waals surface area contributed by atoms with E-state index < -0.39 is 0 Å². The fourth-order valence-corrected chi connectivity index (χ4v) is 3.49. The highest BCUT2D eigenvalue weighted by Gasteiger charge is 2.44. The molecule has 6 heteroatoms. The molecule has 3 rings (SSSR count). The third-order valence-electron chi connectivity index (χ3n) is 4.93. The Balaban J connectivity index is 1.87. The summed E-state index contributed by atoms with van der Waals surface area (Å²) >= 11 is 1.27. The molecule has 1 saturated carbocycles. The molecule has 0 atom stereocenters. The molecular formula is C20H24N4OS. The first-order valence-corrected chi connectivity index (χ1v) is 9.59. The lowest BCUT2D eigenvalue weighted by atomic mass is 10.0. The lowest BCUT2D eigenvalue weighted by molar-refractivity contribution is 0.490. The molecule has 0 spiro atoms. The second kappa shape index (κ2) is 7.08. The van der Waals surface area contributed by atoms with Crippen molar-refractivity contribution in [3.8, 4) is 16.9 Å². The van der Waals surface area contributed by atoms with Gasteiger partial charge in [0.1, 0.15) is 17.4 Å². The summed E-state index contributed by atoms with van der Waals surface area (Å²) in [5.74, 6) is 0.748. The van der Waals surface area contributed by atoms with Crippen LogP contribution in [0.1, 0.15) is 49.1 Å². The summed E-state index contributed by atoms with van der Waals surface area (Å²) in [6.45, 7) is 9.15. The van der Waals surface area contributed by atoms with Gasteiger partial charge >= 0.3 is 0 Å². The molecule has 0 bridgehead atoms. The summed E-state index contributed by atoms with van der Waals surface area (Å²) in [6, 6.07) is 6.28. The van der Waals surface area contributed by atoms with Crippen molar-refractivity contribution in [2.75, 3.05) is 13.6 Å². The summed E-state index contributed by atoms with van der Waals surface area (Å²) in [5, 5.41) is 10.2. The van der Waals surface area contributed by atoms with Gasteiger partial charge in [0.2, 0.25) is 5.06 Å². The molecule has 1 aliphatic rings. The van der Waals surface area contributed by atoms with Crippen molar-refractivity contribution in [2.45, 2.75) is 46.0 Å². The molecule has 1 fully saturated rings. The molecule has 1 aromatic heterocycles. The molecule has 0 unspecified atom stereocenters. The Labute approximate surface area is 159 Å². The van der Waals surface area contributed by atoms with Gasteiger partial charge in [-0.2, -0.15) is 9.64 Å². The largest absolute Gasteiger partial charge is 0.443 e. The van der Waals surface area contributed by atoms with Gasteiger partial charge in [0.15, 0.2) is 0 Å². The van der Waals surface area contributed by atoms with Gasteiger partial charge in [0.25, 0.3) is 0 Å². The van der Waals surface area contributed by atoms with E-state index in [9.17, 15) is 5.26 Å². The average molecular weight is 369 g/mol. The number of rotatable bonds is 6. The Hall–Kier alpha value is -2.39. The van der Waals surface area contributed by atoms with E-state index in [-0.39, 0.29) is 5.41 Å². The van der Waals surface area contributed by atoms with E-state index in [0.717, 1.165) is 47.6 Å². The molecule has 136 valence electrons. The Morgan fingerprint density at radius 3 is 2.73 bits per heavy atom. The van der Waals surface area contributed by atoms with Gasteiger partial charge in [0.05, 0.1) is 17.7 Å². The van der Waals surface area contributed by atoms with Crippen molar-refractivity contribution in [1.82, 2.24) is 9.27 Å². The maximum atomic E-state index is 9.58. The summed E-state index contributed by atoms with van der Waals surface area (Å²) in [4.78, 5) is 6.57. The maximum Gasteiger partial charge on any atom is 0.218 e. The van der Waals surface area contributed by atoms with Gasteiger partial charge in [-0.15, -0.1) is 0 Å². The number of ether oxygens (including phenoxy) is 1. The van der Waals surface area contributed by atoms with Crippen molar-refractivity contribution in [2.24, 2.45) is 4.99 Å². The molecule has 1 heterocycles. The quantitative estimate of drug-likeness (QED) is 0.526. The predicted octanol–water partition coefficient (Wildman–Crippen LogP) is 5.09. The third kappa shape index (κ3) is 3.58. The predicted molar refractivity (Wildman–Crippen MR) is 106 cm³/mol. The smallest absolute Gasteiger partial charge is 0.218 e. The van der Waals surface area contributed by atoms with E-state index in [1.54, 1.807) is 0 Å². The van der Waals surface area contributed by atoms with Crippen LogP contribution in [0, 0.1) is 25.2 Å². The van der Waals surface area contributed by atoms with Crippen LogP contribution in [-0.2, 0) is 5.41 Å². The minimum Gasteiger partial charge on any atom is -0.443 e. The summed E-state index contributed by atoms with van der Waals surface area (Å²) in [6.07, 6.45) is 4.01. The van der Waals surface area contributed by atoms with Crippen molar-refractivity contribution in [3.05, 3.63) is 34.5 Å². The molecular weight excluding hydrogens is 344 g/mol. The number of aromatic nitrogens is 1. The van der Waals surface area contributed by atoms with Crippen LogP contribution in [0.4, 0.5) is 5.69 Å². The molecule has 5 nitrogen and oxygen atoms in total. The monoisotopic (exact) mass is 368 g/mol. The highest BCUT2D eigenvalue weighted by atomic mass is 32.1. The van der Waals surface area contributed by atoms with Crippen LogP contribution in [0.2, 0.25) is 0 Å². The highest BCUT2D eigenvalue weighted by Crippen LogP contribution is 2.51. The number of benzene rings is 1. The zero-order chi connectivity index (χ0) is 18.9. The molecule has 0 saturated heterocycles. The van der Waals surface area contributed by atoms with E-state index in [4.69, 9.17) is 4.74 Å². The van der Waals surface area contributed by atoms with Crippen LogP contribution in [0.5, 0.6) is 10.8 Å². The van der Waals surface area contributed by atoms with Gasteiger partial charge in [-0.1, -0.05) is 6.92 Å². The van der Waals surface area contributed by atoms with Crippen LogP contribution >= 0.6 is 11.5 Å². The first-order valence-electron chi connectivity index (χ1n) is 8.81. The highest BCUT2D eigenvalue weighted by molar-refractivity contribution is 7.08. The number of aryl methyl sites for hydroxylation is 2. The van der Waals surface area contributed by atoms with E-state index in [1.165, 1.54) is 11.5 Å². The number of nitriles is 1. The Kier molecular flexibility index (Phi) is 5.01. The van der Waals surface area contributed by atoms with Gasteiger partial charge < -0.3 is 9.64 Å². The fraction of sp³-hybridized carbons (Fsp3) is 0.450. The van der Waals surface area contributed by atoms with Crippen LogP contribution in [0.15, 0.2) is 17.1 Å². The normalized spacial score (nSPS) is 15.1. The first-order chi connectivity index (χ1) is 12.4. The zero-order valence-corrected chi connectivity index (χ0v) is 16.8. The molecule has 2 aromatic rings. The SMILES string of the molecule is CCN(C)C=Nc1cc(C)c(Oc2snc(C3(C)CC3)c2C#N)cc1C. The summed E-state index contributed by atoms with van der Waals surface area (Å²) < 4.78 is 10.6. The van der Waals surface area contributed by atoms with Crippen LogP contribution in [0.3, 0.4) is 0 Å². The van der Waals surface area contributed by atoms with Crippen molar-refractivity contribution >= 4 is 23.6 Å². The third-order valence-corrected chi connectivity index (χ3v) is 5.66. The number of nitrogens with zero attached hydrogens (tertiary/aromatic N) is 4. The van der Waals surface area contributed by atoms with E-state index in [1.807, 2.05) is 44.3 Å².